The zero-order chi connectivity index (χ0) is 17.7. The van der Waals surface area contributed by atoms with Crippen LogP contribution in [0.15, 0.2) is 18.2 Å². The van der Waals surface area contributed by atoms with Crippen LogP contribution in [0.5, 0.6) is 0 Å². The molecule has 0 heterocycles. The predicted molar refractivity (Wildman–Crippen MR) is 87.9 cm³/mol. The number of hydrogen-bond acceptors (Lipinski definition) is 5. The van der Waals surface area contributed by atoms with E-state index < -0.39 is 16.8 Å². The molecule has 1 aromatic rings. The molecule has 0 aliphatic heterocycles. The first-order valence-corrected chi connectivity index (χ1v) is 8.19. The first kappa shape index (κ1) is 17.9. The molecule has 1 N–H and O–H groups in total. The van der Waals surface area contributed by atoms with E-state index in [9.17, 15) is 19.7 Å². The molecule has 1 aliphatic carbocycles. The van der Waals surface area contributed by atoms with Gasteiger partial charge in [0.2, 0.25) is 0 Å². The first-order chi connectivity index (χ1) is 11.4. The van der Waals surface area contributed by atoms with Crippen LogP contribution in [0.4, 0.5) is 5.69 Å². The third-order valence-electron chi connectivity index (χ3n) is 4.33. The van der Waals surface area contributed by atoms with Crippen molar-refractivity contribution in [3.05, 3.63) is 39.4 Å². The molecule has 24 heavy (non-hydrogen) atoms. The van der Waals surface area contributed by atoms with Gasteiger partial charge in [-0.05, 0) is 31.7 Å². The Morgan fingerprint density at radius 3 is 2.54 bits per heavy atom. The average molecular weight is 334 g/mol. The van der Waals surface area contributed by atoms with Crippen molar-refractivity contribution in [1.29, 1.82) is 0 Å². The Balaban J connectivity index is 2.25. The molecule has 0 radical (unpaired) electrons. The highest BCUT2D eigenvalue weighted by atomic mass is 16.6. The Bertz CT molecular complexity index is 644. The van der Waals surface area contributed by atoms with Gasteiger partial charge in [-0.25, -0.2) is 4.79 Å². The third kappa shape index (κ3) is 4.31. The summed E-state index contributed by atoms with van der Waals surface area (Å²) in [7, 11) is 0. The number of carbonyl (C=O) groups is 2. The van der Waals surface area contributed by atoms with E-state index in [1.807, 2.05) is 0 Å². The molecule has 1 saturated carbocycles. The zero-order valence-electron chi connectivity index (χ0n) is 13.9. The standard InChI is InChI=1S/C17H22N2O5/c1-3-24-17(21)13-8-12(9-14(10-13)19(22)23)16(20)18-15-7-5-4-6-11(15)2/h8-11,15H,3-7H2,1-2H3,(H,18,20)/t11-,15-/m1/s1. The molecule has 7 nitrogen and oxygen atoms in total. The number of ether oxygens (including phenoxy) is 1. The van der Waals surface area contributed by atoms with Crippen LogP contribution in [-0.4, -0.2) is 29.4 Å². The van der Waals surface area contributed by atoms with Gasteiger partial charge in [-0.3, -0.25) is 14.9 Å². The van der Waals surface area contributed by atoms with E-state index in [1.165, 1.54) is 12.1 Å². The largest absolute Gasteiger partial charge is 0.462 e. The molecule has 130 valence electrons. The number of carbonyl (C=O) groups excluding carboxylic acids is 2. The van der Waals surface area contributed by atoms with Gasteiger partial charge in [-0.2, -0.15) is 0 Å². The smallest absolute Gasteiger partial charge is 0.338 e. The van der Waals surface area contributed by atoms with E-state index in [0.717, 1.165) is 31.7 Å². The van der Waals surface area contributed by atoms with Crippen molar-refractivity contribution in [2.45, 2.75) is 45.6 Å². The van der Waals surface area contributed by atoms with Gasteiger partial charge in [0.1, 0.15) is 0 Å². The van der Waals surface area contributed by atoms with Crippen molar-refractivity contribution in [3.8, 4) is 0 Å². The number of rotatable bonds is 5. The fourth-order valence-electron chi connectivity index (χ4n) is 2.96. The number of non-ortho nitro benzene ring substituents is 1. The fourth-order valence-corrected chi connectivity index (χ4v) is 2.96. The number of nitro benzene ring substituents is 1. The lowest BCUT2D eigenvalue weighted by Crippen LogP contribution is -2.41. The molecule has 0 spiro atoms. The van der Waals surface area contributed by atoms with Crippen molar-refractivity contribution < 1.29 is 19.2 Å². The Morgan fingerprint density at radius 1 is 1.25 bits per heavy atom. The highest BCUT2D eigenvalue weighted by molar-refractivity contribution is 5.99. The average Bonchev–Trinajstić information content (AvgIpc) is 2.56. The van der Waals surface area contributed by atoms with Crippen molar-refractivity contribution in [2.75, 3.05) is 6.61 Å². The number of esters is 1. The minimum atomic E-state index is -0.679. The van der Waals surface area contributed by atoms with Gasteiger partial charge in [0.15, 0.2) is 0 Å². The molecule has 1 amide bonds. The number of hydrogen-bond donors (Lipinski definition) is 1. The van der Waals surface area contributed by atoms with Crippen molar-refractivity contribution >= 4 is 17.6 Å². The van der Waals surface area contributed by atoms with Gasteiger partial charge in [0, 0.05) is 23.7 Å². The molecule has 7 heteroatoms. The maximum atomic E-state index is 12.5. The lowest BCUT2D eigenvalue weighted by molar-refractivity contribution is -0.384. The summed E-state index contributed by atoms with van der Waals surface area (Å²) >= 11 is 0. The van der Waals surface area contributed by atoms with E-state index in [2.05, 4.69) is 12.2 Å². The lowest BCUT2D eigenvalue weighted by atomic mass is 9.86. The molecular formula is C17H22N2O5. The zero-order valence-corrected chi connectivity index (χ0v) is 13.9. The van der Waals surface area contributed by atoms with Crippen LogP contribution >= 0.6 is 0 Å². The Labute approximate surface area is 140 Å². The summed E-state index contributed by atoms with van der Waals surface area (Å²) in [5, 5.41) is 14.0. The van der Waals surface area contributed by atoms with Gasteiger partial charge in [-0.1, -0.05) is 19.8 Å². The number of amides is 1. The highest BCUT2D eigenvalue weighted by Gasteiger charge is 2.25. The van der Waals surface area contributed by atoms with Crippen molar-refractivity contribution in [1.82, 2.24) is 5.32 Å². The van der Waals surface area contributed by atoms with Crippen LogP contribution in [0.2, 0.25) is 0 Å². The first-order valence-electron chi connectivity index (χ1n) is 8.19. The SMILES string of the molecule is CCOC(=O)c1cc(C(=O)N[C@@H]2CCCC[C@H]2C)cc([N+](=O)[O-])c1. The maximum Gasteiger partial charge on any atom is 0.338 e. The highest BCUT2D eigenvalue weighted by Crippen LogP contribution is 2.25. The Morgan fingerprint density at radius 2 is 1.92 bits per heavy atom. The minimum Gasteiger partial charge on any atom is -0.462 e. The third-order valence-corrected chi connectivity index (χ3v) is 4.33. The maximum absolute atomic E-state index is 12.5. The van der Waals surface area contributed by atoms with Gasteiger partial charge >= 0.3 is 5.97 Å². The van der Waals surface area contributed by atoms with Crippen molar-refractivity contribution in [2.24, 2.45) is 5.92 Å². The molecular weight excluding hydrogens is 312 g/mol. The normalized spacial score (nSPS) is 20.2. The van der Waals surface area contributed by atoms with Crippen LogP contribution in [0.3, 0.4) is 0 Å². The quantitative estimate of drug-likeness (QED) is 0.507. The summed E-state index contributed by atoms with van der Waals surface area (Å²) in [5.41, 5.74) is -0.194. The molecule has 0 bridgehead atoms. The topological polar surface area (TPSA) is 98.5 Å². The number of nitrogens with one attached hydrogen (secondary N) is 1. The van der Waals surface area contributed by atoms with E-state index in [1.54, 1.807) is 6.92 Å². The van der Waals surface area contributed by atoms with Gasteiger partial charge in [0.25, 0.3) is 11.6 Å². The Kier molecular flexibility index (Phi) is 5.89. The van der Waals surface area contributed by atoms with Crippen molar-refractivity contribution in [3.63, 3.8) is 0 Å². The molecule has 2 atom stereocenters. The van der Waals surface area contributed by atoms with E-state index in [4.69, 9.17) is 4.74 Å². The van der Waals surface area contributed by atoms with E-state index in [0.29, 0.717) is 5.92 Å². The van der Waals surface area contributed by atoms with Gasteiger partial charge in [0.05, 0.1) is 17.1 Å². The number of nitro groups is 1. The van der Waals surface area contributed by atoms with Gasteiger partial charge in [-0.15, -0.1) is 0 Å². The summed E-state index contributed by atoms with van der Waals surface area (Å²) in [4.78, 5) is 34.8. The number of benzene rings is 1. The molecule has 2 rings (SSSR count). The second-order valence-corrected chi connectivity index (χ2v) is 6.09. The van der Waals surface area contributed by atoms with Crippen LogP contribution in [0.25, 0.3) is 0 Å². The summed E-state index contributed by atoms with van der Waals surface area (Å²) < 4.78 is 4.87. The molecule has 0 unspecified atom stereocenters. The molecule has 1 aromatic carbocycles. The van der Waals surface area contributed by atoms with E-state index in [-0.39, 0.29) is 29.5 Å². The van der Waals surface area contributed by atoms with Crippen LogP contribution in [-0.2, 0) is 4.74 Å². The number of nitrogens with zero attached hydrogens (tertiary/aromatic N) is 1. The van der Waals surface area contributed by atoms with Crippen LogP contribution in [0, 0.1) is 16.0 Å². The summed E-state index contributed by atoms with van der Waals surface area (Å²) in [5.74, 6) is -0.713. The minimum absolute atomic E-state index is 0.00731. The fraction of sp³-hybridized carbons (Fsp3) is 0.529. The Hall–Kier alpha value is -2.44. The molecule has 0 aromatic heterocycles. The monoisotopic (exact) mass is 334 g/mol. The van der Waals surface area contributed by atoms with Crippen LogP contribution < -0.4 is 5.32 Å². The summed E-state index contributed by atoms with van der Waals surface area (Å²) in [6.07, 6.45) is 4.15. The molecule has 1 aliphatic rings. The summed E-state index contributed by atoms with van der Waals surface area (Å²) in [6, 6.07) is 3.70. The molecule has 0 saturated heterocycles. The van der Waals surface area contributed by atoms with Crippen LogP contribution in [0.1, 0.15) is 60.2 Å². The lowest BCUT2D eigenvalue weighted by Gasteiger charge is -2.29. The van der Waals surface area contributed by atoms with Gasteiger partial charge < -0.3 is 10.1 Å². The summed E-state index contributed by atoms with van der Waals surface area (Å²) in [6.45, 7) is 3.89. The van der Waals surface area contributed by atoms with E-state index >= 15 is 0 Å². The molecule has 1 fully saturated rings. The predicted octanol–water partition coefficient (Wildman–Crippen LogP) is 3.08. The second kappa shape index (κ2) is 7.90. The second-order valence-electron chi connectivity index (χ2n) is 6.09.